The van der Waals surface area contributed by atoms with Crippen LogP contribution in [0.2, 0.25) is 20.1 Å². The summed E-state index contributed by atoms with van der Waals surface area (Å²) in [5.41, 5.74) is 5.28. The molecule has 3 rings (SSSR count). The Morgan fingerprint density at radius 2 is 1.69 bits per heavy atom. The van der Waals surface area contributed by atoms with E-state index in [1.807, 2.05) is 24.3 Å². The Kier molecular flexibility index (Phi) is 7.51. The number of nitrogens with zero attached hydrogens (tertiary/aromatic N) is 1. The fourth-order valence-electron chi connectivity index (χ4n) is 2.42. The quantitative estimate of drug-likeness (QED) is 0.291. The van der Waals surface area contributed by atoms with Crippen LogP contribution in [0.3, 0.4) is 0 Å². The molecule has 0 aliphatic rings. The molecule has 0 aromatic heterocycles. The average Bonchev–Trinajstić information content (AvgIpc) is 2.70. The van der Waals surface area contributed by atoms with Gasteiger partial charge in [0.2, 0.25) is 0 Å². The van der Waals surface area contributed by atoms with Crippen LogP contribution >= 0.6 is 46.4 Å². The second-order valence-corrected chi connectivity index (χ2v) is 7.59. The van der Waals surface area contributed by atoms with Gasteiger partial charge in [0.1, 0.15) is 6.61 Å². The molecule has 1 N–H and O–H groups in total. The van der Waals surface area contributed by atoms with Crippen molar-refractivity contribution in [3.05, 3.63) is 85.8 Å². The number of methoxy groups -OCH3 is 1. The lowest BCUT2D eigenvalue weighted by Gasteiger charge is -2.12. The Morgan fingerprint density at radius 1 is 0.862 bits per heavy atom. The largest absolute Gasteiger partial charge is 0.493 e. The summed E-state index contributed by atoms with van der Waals surface area (Å²) in [5, 5.41) is 6.27. The Hall–Kier alpha value is -2.11. The molecule has 0 unspecified atom stereocenters. The summed E-state index contributed by atoms with van der Waals surface area (Å²) in [6.45, 7) is 0.290. The van der Waals surface area contributed by atoms with Gasteiger partial charge in [0.15, 0.2) is 11.5 Å². The van der Waals surface area contributed by atoms with E-state index in [1.54, 1.807) is 43.7 Å². The second-order valence-electron chi connectivity index (χ2n) is 5.93. The SMILES string of the molecule is COc1cc(C=NNc2ccc(Cl)c(Cl)c2)ccc1OCc1ccc(Cl)cc1Cl. The van der Waals surface area contributed by atoms with Crippen LogP contribution in [0, 0.1) is 0 Å². The first-order valence-corrected chi connectivity index (χ1v) is 9.96. The first-order chi connectivity index (χ1) is 14.0. The van der Waals surface area contributed by atoms with Crippen molar-refractivity contribution in [2.24, 2.45) is 5.10 Å². The van der Waals surface area contributed by atoms with E-state index in [9.17, 15) is 0 Å². The van der Waals surface area contributed by atoms with Gasteiger partial charge < -0.3 is 9.47 Å². The maximum absolute atomic E-state index is 6.19. The molecule has 0 atom stereocenters. The van der Waals surface area contributed by atoms with Crippen LogP contribution in [0.15, 0.2) is 59.7 Å². The highest BCUT2D eigenvalue weighted by Crippen LogP contribution is 2.30. The topological polar surface area (TPSA) is 42.8 Å². The molecule has 0 saturated carbocycles. The number of hydrogen-bond donors (Lipinski definition) is 1. The number of ether oxygens (including phenoxy) is 2. The summed E-state index contributed by atoms with van der Waals surface area (Å²) in [6, 6.07) is 15.9. The molecule has 0 heterocycles. The van der Waals surface area contributed by atoms with E-state index in [-0.39, 0.29) is 0 Å². The van der Waals surface area contributed by atoms with E-state index in [2.05, 4.69) is 10.5 Å². The summed E-state index contributed by atoms with van der Waals surface area (Å²) in [4.78, 5) is 0. The van der Waals surface area contributed by atoms with Gasteiger partial charge in [-0.25, -0.2) is 0 Å². The minimum absolute atomic E-state index is 0.290. The highest BCUT2D eigenvalue weighted by atomic mass is 35.5. The molecule has 3 aromatic carbocycles. The van der Waals surface area contributed by atoms with Gasteiger partial charge in [0.05, 0.1) is 29.1 Å². The molecule has 0 spiro atoms. The van der Waals surface area contributed by atoms with Crippen LogP contribution in [0.5, 0.6) is 11.5 Å². The number of nitrogens with one attached hydrogen (secondary N) is 1. The molecule has 8 heteroatoms. The van der Waals surface area contributed by atoms with Gasteiger partial charge in [-0.15, -0.1) is 0 Å². The predicted octanol–water partition coefficient (Wildman–Crippen LogP) is 7.33. The van der Waals surface area contributed by atoms with Crippen LogP contribution in [0.1, 0.15) is 11.1 Å². The van der Waals surface area contributed by atoms with E-state index < -0.39 is 0 Å². The van der Waals surface area contributed by atoms with Crippen LogP contribution in [-0.2, 0) is 6.61 Å². The molecule has 0 radical (unpaired) electrons. The van der Waals surface area contributed by atoms with Crippen LogP contribution in [0.4, 0.5) is 5.69 Å². The van der Waals surface area contributed by atoms with Crippen molar-refractivity contribution >= 4 is 58.3 Å². The Bertz CT molecular complexity index is 1040. The monoisotopic (exact) mass is 468 g/mol. The first-order valence-electron chi connectivity index (χ1n) is 8.45. The third kappa shape index (κ3) is 5.94. The fraction of sp³-hybridized carbons (Fsp3) is 0.0952. The fourth-order valence-corrected chi connectivity index (χ4v) is 3.19. The van der Waals surface area contributed by atoms with Crippen LogP contribution in [0.25, 0.3) is 0 Å². The standard InChI is InChI=1S/C21H16Cl4N2O2/c1-28-21-8-13(11-26-27-16-5-6-17(23)19(25)10-16)2-7-20(21)29-12-14-3-4-15(22)9-18(14)24/h2-11,27H,12H2,1H3. The second kappa shape index (κ2) is 10.1. The zero-order valence-electron chi connectivity index (χ0n) is 15.3. The lowest BCUT2D eigenvalue weighted by molar-refractivity contribution is 0.284. The molecule has 3 aromatic rings. The number of hydrazone groups is 1. The predicted molar refractivity (Wildman–Crippen MR) is 121 cm³/mol. The third-order valence-electron chi connectivity index (χ3n) is 3.91. The van der Waals surface area contributed by atoms with E-state index in [4.69, 9.17) is 55.9 Å². The molecule has 0 fully saturated rings. The van der Waals surface area contributed by atoms with E-state index in [0.29, 0.717) is 38.2 Å². The Morgan fingerprint density at radius 3 is 2.41 bits per heavy atom. The molecule has 29 heavy (non-hydrogen) atoms. The number of rotatable bonds is 7. The molecular formula is C21H16Cl4N2O2. The number of hydrogen-bond acceptors (Lipinski definition) is 4. The van der Waals surface area contributed by atoms with Gasteiger partial charge in [-0.2, -0.15) is 5.10 Å². The van der Waals surface area contributed by atoms with Crippen molar-refractivity contribution in [2.75, 3.05) is 12.5 Å². The molecule has 4 nitrogen and oxygen atoms in total. The van der Waals surface area contributed by atoms with Gasteiger partial charge in [0, 0.05) is 15.6 Å². The van der Waals surface area contributed by atoms with Gasteiger partial charge >= 0.3 is 0 Å². The van der Waals surface area contributed by atoms with Gasteiger partial charge in [-0.3, -0.25) is 5.43 Å². The third-order valence-corrected chi connectivity index (χ3v) is 5.24. The summed E-state index contributed by atoms with van der Waals surface area (Å²) in [7, 11) is 1.58. The number of anilines is 1. The lowest BCUT2D eigenvalue weighted by Crippen LogP contribution is -1.99. The van der Waals surface area contributed by atoms with Crippen molar-refractivity contribution in [1.82, 2.24) is 0 Å². The maximum atomic E-state index is 6.19. The summed E-state index contributed by atoms with van der Waals surface area (Å²) >= 11 is 24.0. The Balaban J connectivity index is 1.66. The molecule has 0 aliphatic heterocycles. The van der Waals surface area contributed by atoms with Gasteiger partial charge in [-0.05, 0) is 54.1 Å². The van der Waals surface area contributed by atoms with E-state index >= 15 is 0 Å². The van der Waals surface area contributed by atoms with Crippen LogP contribution < -0.4 is 14.9 Å². The normalized spacial score (nSPS) is 10.9. The van der Waals surface area contributed by atoms with E-state index in [0.717, 1.165) is 16.8 Å². The molecule has 0 amide bonds. The zero-order valence-corrected chi connectivity index (χ0v) is 18.3. The highest BCUT2D eigenvalue weighted by Gasteiger charge is 2.08. The van der Waals surface area contributed by atoms with Crippen molar-refractivity contribution < 1.29 is 9.47 Å². The summed E-state index contributed by atoms with van der Waals surface area (Å²) in [6.07, 6.45) is 1.66. The van der Waals surface area contributed by atoms with Crippen molar-refractivity contribution in [2.45, 2.75) is 6.61 Å². The van der Waals surface area contributed by atoms with Gasteiger partial charge in [-0.1, -0.05) is 52.5 Å². The maximum Gasteiger partial charge on any atom is 0.161 e. The van der Waals surface area contributed by atoms with Crippen molar-refractivity contribution in [1.29, 1.82) is 0 Å². The summed E-state index contributed by atoms with van der Waals surface area (Å²) < 4.78 is 11.3. The molecule has 0 bridgehead atoms. The van der Waals surface area contributed by atoms with E-state index in [1.165, 1.54) is 0 Å². The molecule has 150 valence electrons. The lowest BCUT2D eigenvalue weighted by atomic mass is 10.2. The molecule has 0 aliphatic carbocycles. The molecule has 0 saturated heterocycles. The minimum atomic E-state index is 0.290. The zero-order chi connectivity index (χ0) is 20.8. The van der Waals surface area contributed by atoms with Gasteiger partial charge in [0.25, 0.3) is 0 Å². The first kappa shape index (κ1) is 21.6. The smallest absolute Gasteiger partial charge is 0.161 e. The number of benzene rings is 3. The van der Waals surface area contributed by atoms with Crippen molar-refractivity contribution in [3.8, 4) is 11.5 Å². The highest BCUT2D eigenvalue weighted by molar-refractivity contribution is 6.42. The minimum Gasteiger partial charge on any atom is -0.493 e. The summed E-state index contributed by atoms with van der Waals surface area (Å²) in [5.74, 6) is 1.17. The molecular weight excluding hydrogens is 454 g/mol. The number of halogens is 4. The van der Waals surface area contributed by atoms with Crippen molar-refractivity contribution in [3.63, 3.8) is 0 Å². The Labute approximate surface area is 188 Å². The average molecular weight is 470 g/mol. The van der Waals surface area contributed by atoms with Crippen LogP contribution in [-0.4, -0.2) is 13.3 Å².